The van der Waals surface area contributed by atoms with E-state index in [0.717, 1.165) is 22.2 Å². The van der Waals surface area contributed by atoms with Crippen molar-refractivity contribution in [3.05, 3.63) is 66.9 Å². The number of anilines is 2. The average Bonchev–Trinajstić information content (AvgIpc) is 3.32. The molecule has 0 aliphatic rings. The molecular formula is C20H16N8. The van der Waals surface area contributed by atoms with Crippen LogP contribution in [0.15, 0.2) is 77.1 Å². The third-order valence-electron chi connectivity index (χ3n) is 4.53. The Hall–Kier alpha value is -4.20. The first-order valence-corrected chi connectivity index (χ1v) is 8.69. The Balaban J connectivity index is 1.63. The van der Waals surface area contributed by atoms with Crippen LogP contribution in [-0.2, 0) is 0 Å². The van der Waals surface area contributed by atoms with Crippen molar-refractivity contribution < 1.29 is 0 Å². The van der Waals surface area contributed by atoms with Crippen molar-refractivity contribution in [2.24, 2.45) is 10.2 Å². The van der Waals surface area contributed by atoms with Crippen molar-refractivity contribution in [1.29, 1.82) is 0 Å². The van der Waals surface area contributed by atoms with Gasteiger partial charge in [0.25, 0.3) is 0 Å². The van der Waals surface area contributed by atoms with E-state index in [1.165, 1.54) is 4.52 Å². The number of benzene rings is 2. The summed E-state index contributed by atoms with van der Waals surface area (Å²) in [5, 5.41) is 14.1. The van der Waals surface area contributed by atoms with E-state index in [1.54, 1.807) is 0 Å². The number of nitrogens with two attached hydrogens (primary N) is 2. The SMILES string of the molecule is Nc1nc2cc(-c3c[nH]c4ccccc34)nn2c(N)c1N=Nc1ccccc1. The monoisotopic (exact) mass is 368 g/mol. The van der Waals surface area contributed by atoms with Crippen molar-refractivity contribution in [3.63, 3.8) is 0 Å². The van der Waals surface area contributed by atoms with Gasteiger partial charge in [-0.15, -0.1) is 5.11 Å². The number of nitrogen functional groups attached to an aromatic ring is 2. The second kappa shape index (κ2) is 6.20. The zero-order valence-electron chi connectivity index (χ0n) is 14.7. The molecule has 0 spiro atoms. The lowest BCUT2D eigenvalue weighted by Crippen LogP contribution is -2.04. The number of nitrogens with one attached hydrogen (secondary N) is 1. The predicted octanol–water partition coefficient (Wildman–Crippen LogP) is 4.46. The first-order chi connectivity index (χ1) is 13.7. The van der Waals surface area contributed by atoms with Crippen molar-refractivity contribution in [2.75, 3.05) is 11.5 Å². The van der Waals surface area contributed by atoms with Gasteiger partial charge in [-0.25, -0.2) is 4.98 Å². The van der Waals surface area contributed by atoms with Gasteiger partial charge in [0.1, 0.15) is 0 Å². The smallest absolute Gasteiger partial charge is 0.170 e. The van der Waals surface area contributed by atoms with Crippen LogP contribution in [0.5, 0.6) is 0 Å². The highest BCUT2D eigenvalue weighted by atomic mass is 15.3. The Morgan fingerprint density at radius 2 is 1.71 bits per heavy atom. The van der Waals surface area contributed by atoms with E-state index in [0.29, 0.717) is 17.0 Å². The summed E-state index contributed by atoms with van der Waals surface area (Å²) in [5.74, 6) is 0.489. The lowest BCUT2D eigenvalue weighted by molar-refractivity contribution is 0.954. The molecule has 0 radical (unpaired) electrons. The molecule has 3 aromatic heterocycles. The molecule has 0 saturated carbocycles. The van der Waals surface area contributed by atoms with Crippen LogP contribution in [0.3, 0.4) is 0 Å². The third kappa shape index (κ3) is 2.55. The van der Waals surface area contributed by atoms with Gasteiger partial charge in [-0.05, 0) is 18.2 Å². The van der Waals surface area contributed by atoms with Gasteiger partial charge in [0.15, 0.2) is 23.0 Å². The summed E-state index contributed by atoms with van der Waals surface area (Å²) < 4.78 is 1.53. The number of hydrogen-bond acceptors (Lipinski definition) is 6. The number of azo groups is 1. The molecule has 0 aliphatic carbocycles. The molecule has 0 fully saturated rings. The molecule has 28 heavy (non-hydrogen) atoms. The van der Waals surface area contributed by atoms with Gasteiger partial charge in [0.2, 0.25) is 0 Å². The largest absolute Gasteiger partial charge is 0.382 e. The number of nitrogens with zero attached hydrogens (tertiary/aromatic N) is 5. The van der Waals surface area contributed by atoms with Gasteiger partial charge in [-0.2, -0.15) is 14.7 Å². The summed E-state index contributed by atoms with van der Waals surface area (Å²) in [6.07, 6.45) is 1.92. The van der Waals surface area contributed by atoms with Crippen LogP contribution in [0, 0.1) is 0 Å². The molecule has 136 valence electrons. The van der Waals surface area contributed by atoms with E-state index < -0.39 is 0 Å². The van der Waals surface area contributed by atoms with Gasteiger partial charge in [0.05, 0.1) is 11.4 Å². The highest BCUT2D eigenvalue weighted by molar-refractivity contribution is 5.95. The first kappa shape index (κ1) is 16.0. The number of para-hydroxylation sites is 1. The van der Waals surface area contributed by atoms with Crippen LogP contribution in [-0.4, -0.2) is 19.6 Å². The zero-order chi connectivity index (χ0) is 19.1. The molecule has 2 aromatic carbocycles. The molecule has 5 rings (SSSR count). The van der Waals surface area contributed by atoms with Gasteiger partial charge in [-0.3, -0.25) is 0 Å². The maximum Gasteiger partial charge on any atom is 0.170 e. The minimum absolute atomic E-state index is 0.204. The first-order valence-electron chi connectivity index (χ1n) is 8.69. The maximum absolute atomic E-state index is 6.28. The van der Waals surface area contributed by atoms with Crippen LogP contribution >= 0.6 is 0 Å². The van der Waals surface area contributed by atoms with Crippen LogP contribution in [0.1, 0.15) is 0 Å². The minimum Gasteiger partial charge on any atom is -0.382 e. The Morgan fingerprint density at radius 3 is 2.57 bits per heavy atom. The molecule has 8 heteroatoms. The highest BCUT2D eigenvalue weighted by Gasteiger charge is 2.16. The number of aromatic nitrogens is 4. The minimum atomic E-state index is 0.204. The quantitative estimate of drug-likeness (QED) is 0.407. The van der Waals surface area contributed by atoms with E-state index in [1.807, 2.05) is 66.9 Å². The fourth-order valence-electron chi connectivity index (χ4n) is 3.16. The summed E-state index contributed by atoms with van der Waals surface area (Å²) in [6, 6.07) is 19.2. The molecule has 8 nitrogen and oxygen atoms in total. The second-order valence-electron chi connectivity index (χ2n) is 6.31. The molecule has 0 bridgehead atoms. The van der Waals surface area contributed by atoms with Gasteiger partial charge in [0, 0.05) is 28.7 Å². The Kier molecular flexibility index (Phi) is 3.55. The van der Waals surface area contributed by atoms with Crippen LogP contribution < -0.4 is 11.5 Å². The fraction of sp³-hybridized carbons (Fsp3) is 0. The predicted molar refractivity (Wildman–Crippen MR) is 110 cm³/mol. The number of hydrogen-bond donors (Lipinski definition) is 3. The molecular weight excluding hydrogens is 352 g/mol. The van der Waals surface area contributed by atoms with E-state index in [9.17, 15) is 0 Å². The summed E-state index contributed by atoms with van der Waals surface area (Å²) in [6.45, 7) is 0. The van der Waals surface area contributed by atoms with Crippen molar-refractivity contribution >= 4 is 39.6 Å². The summed E-state index contributed by atoms with van der Waals surface area (Å²) >= 11 is 0. The van der Waals surface area contributed by atoms with Crippen LogP contribution in [0.2, 0.25) is 0 Å². The molecule has 5 aromatic rings. The average molecular weight is 368 g/mol. The standard InChI is InChI=1S/C20H16N8/c21-19-18(26-25-12-6-2-1-3-7-12)20(22)28-17(24-19)10-16(27-28)14-11-23-15-9-5-4-8-13(14)15/h1-11,23H,22H2,(H2,21,24). The second-order valence-corrected chi connectivity index (χ2v) is 6.31. The van der Waals surface area contributed by atoms with Crippen LogP contribution in [0.25, 0.3) is 27.8 Å². The van der Waals surface area contributed by atoms with E-state index in [4.69, 9.17) is 11.5 Å². The Bertz CT molecular complexity index is 1330. The normalized spacial score (nSPS) is 11.7. The third-order valence-corrected chi connectivity index (χ3v) is 4.53. The lowest BCUT2D eigenvalue weighted by Gasteiger charge is -2.04. The summed E-state index contributed by atoms with van der Waals surface area (Å²) in [7, 11) is 0. The fourth-order valence-corrected chi connectivity index (χ4v) is 3.16. The zero-order valence-corrected chi connectivity index (χ0v) is 14.7. The molecule has 5 N–H and O–H groups in total. The number of fused-ring (bicyclic) bond motifs is 2. The van der Waals surface area contributed by atoms with Gasteiger partial charge < -0.3 is 16.5 Å². The van der Waals surface area contributed by atoms with Crippen molar-refractivity contribution in [2.45, 2.75) is 0 Å². The molecule has 0 saturated heterocycles. The van der Waals surface area contributed by atoms with Gasteiger partial charge in [-0.1, -0.05) is 36.4 Å². The van der Waals surface area contributed by atoms with E-state index in [2.05, 4.69) is 25.3 Å². The van der Waals surface area contributed by atoms with Crippen molar-refractivity contribution in [3.8, 4) is 11.3 Å². The van der Waals surface area contributed by atoms with Crippen LogP contribution in [0.4, 0.5) is 23.0 Å². The van der Waals surface area contributed by atoms with E-state index >= 15 is 0 Å². The summed E-state index contributed by atoms with van der Waals surface area (Å²) in [4.78, 5) is 7.64. The molecule has 0 unspecified atom stereocenters. The molecule has 0 aliphatic heterocycles. The number of aromatic amines is 1. The topological polar surface area (TPSA) is 123 Å². The number of H-pyrrole nitrogens is 1. The highest BCUT2D eigenvalue weighted by Crippen LogP contribution is 2.33. The molecule has 0 atom stereocenters. The Morgan fingerprint density at radius 1 is 0.929 bits per heavy atom. The molecule has 0 amide bonds. The number of rotatable bonds is 3. The van der Waals surface area contributed by atoms with E-state index in [-0.39, 0.29) is 11.6 Å². The Labute approximate surface area is 159 Å². The lowest BCUT2D eigenvalue weighted by atomic mass is 10.1. The van der Waals surface area contributed by atoms with Crippen molar-refractivity contribution in [1.82, 2.24) is 19.6 Å². The van der Waals surface area contributed by atoms with Gasteiger partial charge >= 0.3 is 0 Å². The molecule has 3 heterocycles. The maximum atomic E-state index is 6.28. The summed E-state index contributed by atoms with van der Waals surface area (Å²) in [5.41, 5.74) is 16.6.